The van der Waals surface area contributed by atoms with E-state index < -0.39 is 0 Å². The lowest BCUT2D eigenvalue weighted by Gasteiger charge is -2.06. The van der Waals surface area contributed by atoms with Gasteiger partial charge in [0, 0.05) is 31.1 Å². The Bertz CT molecular complexity index is 440. The standard InChI is InChI=1S/C18H34N4O/c1-15(2)18(23)11-6-5-9-13-22-14-17(20-21-22)10-7-8-12-19-16(3)4/h14-16,19H,5-13H2,1-4H3. The second-order valence-corrected chi connectivity index (χ2v) is 6.97. The highest BCUT2D eigenvalue weighted by molar-refractivity contribution is 5.80. The van der Waals surface area contributed by atoms with Crippen LogP contribution in [0.1, 0.15) is 71.9 Å². The second kappa shape index (κ2) is 11.3. The van der Waals surface area contributed by atoms with Crippen LogP contribution >= 0.6 is 0 Å². The number of nitrogens with zero attached hydrogens (tertiary/aromatic N) is 3. The number of aromatic nitrogens is 3. The van der Waals surface area contributed by atoms with Gasteiger partial charge in [-0.15, -0.1) is 5.10 Å². The van der Waals surface area contributed by atoms with Gasteiger partial charge in [-0.05, 0) is 38.6 Å². The summed E-state index contributed by atoms with van der Waals surface area (Å²) in [7, 11) is 0. The van der Waals surface area contributed by atoms with Crippen LogP contribution in [0.2, 0.25) is 0 Å². The van der Waals surface area contributed by atoms with Crippen LogP contribution in [0.25, 0.3) is 0 Å². The minimum absolute atomic E-state index is 0.170. The molecule has 0 saturated heterocycles. The summed E-state index contributed by atoms with van der Waals surface area (Å²) in [6, 6.07) is 0.562. The van der Waals surface area contributed by atoms with E-state index in [0.717, 1.165) is 50.9 Å². The molecule has 132 valence electrons. The van der Waals surface area contributed by atoms with E-state index in [9.17, 15) is 4.79 Å². The molecule has 0 saturated carbocycles. The average molecular weight is 322 g/mol. The summed E-state index contributed by atoms with van der Waals surface area (Å²) < 4.78 is 1.94. The predicted molar refractivity (Wildman–Crippen MR) is 94.4 cm³/mol. The first-order valence-electron chi connectivity index (χ1n) is 9.14. The molecule has 0 amide bonds. The van der Waals surface area contributed by atoms with E-state index in [-0.39, 0.29) is 5.92 Å². The third kappa shape index (κ3) is 9.49. The van der Waals surface area contributed by atoms with E-state index in [1.165, 1.54) is 6.42 Å². The minimum atomic E-state index is 0.170. The highest BCUT2D eigenvalue weighted by Gasteiger charge is 2.06. The zero-order valence-electron chi connectivity index (χ0n) is 15.3. The SMILES string of the molecule is CC(C)NCCCCc1cn(CCCCCC(=O)C(C)C)nn1. The lowest BCUT2D eigenvalue weighted by Crippen LogP contribution is -2.23. The molecule has 0 aromatic carbocycles. The molecule has 0 atom stereocenters. The molecule has 1 rings (SSSR count). The van der Waals surface area contributed by atoms with Gasteiger partial charge in [0.25, 0.3) is 0 Å². The van der Waals surface area contributed by atoms with Crippen molar-refractivity contribution in [1.82, 2.24) is 20.3 Å². The average Bonchev–Trinajstić information content (AvgIpc) is 2.93. The van der Waals surface area contributed by atoms with E-state index >= 15 is 0 Å². The van der Waals surface area contributed by atoms with Crippen LogP contribution in [-0.4, -0.2) is 33.4 Å². The topological polar surface area (TPSA) is 59.8 Å². The smallest absolute Gasteiger partial charge is 0.135 e. The molecular formula is C18H34N4O. The van der Waals surface area contributed by atoms with Gasteiger partial charge in [0.2, 0.25) is 0 Å². The maximum atomic E-state index is 11.5. The Kier molecular flexibility index (Phi) is 9.76. The van der Waals surface area contributed by atoms with Crippen molar-refractivity contribution in [3.8, 4) is 0 Å². The van der Waals surface area contributed by atoms with Crippen molar-refractivity contribution in [3.63, 3.8) is 0 Å². The monoisotopic (exact) mass is 322 g/mol. The molecule has 5 heteroatoms. The first-order chi connectivity index (χ1) is 11.0. The van der Waals surface area contributed by atoms with Gasteiger partial charge < -0.3 is 5.32 Å². The number of Topliss-reactive ketones (excluding diaryl/α,β-unsaturated/α-hetero) is 1. The number of hydrogen-bond acceptors (Lipinski definition) is 4. The Labute approximate surface area is 141 Å². The normalized spacial score (nSPS) is 11.6. The molecule has 0 bridgehead atoms. The number of rotatable bonds is 13. The summed E-state index contributed by atoms with van der Waals surface area (Å²) in [5.74, 6) is 0.545. The van der Waals surface area contributed by atoms with Gasteiger partial charge in [-0.3, -0.25) is 9.48 Å². The maximum absolute atomic E-state index is 11.5. The molecule has 0 fully saturated rings. The predicted octanol–water partition coefficient (Wildman–Crippen LogP) is 3.38. The largest absolute Gasteiger partial charge is 0.315 e. The van der Waals surface area contributed by atoms with Crippen molar-refractivity contribution in [2.24, 2.45) is 5.92 Å². The highest BCUT2D eigenvalue weighted by atomic mass is 16.1. The van der Waals surface area contributed by atoms with Crippen LogP contribution in [0.5, 0.6) is 0 Å². The lowest BCUT2D eigenvalue weighted by atomic mass is 10.0. The number of aryl methyl sites for hydroxylation is 2. The molecule has 23 heavy (non-hydrogen) atoms. The zero-order valence-corrected chi connectivity index (χ0v) is 15.3. The number of nitrogens with one attached hydrogen (secondary N) is 1. The summed E-state index contributed by atoms with van der Waals surface area (Å²) in [6.07, 6.45) is 9.23. The molecule has 0 radical (unpaired) electrons. The van der Waals surface area contributed by atoms with Gasteiger partial charge >= 0.3 is 0 Å². The van der Waals surface area contributed by atoms with Gasteiger partial charge in [-0.25, -0.2) is 0 Å². The second-order valence-electron chi connectivity index (χ2n) is 6.97. The van der Waals surface area contributed by atoms with Gasteiger partial charge in [0.05, 0.1) is 5.69 Å². The van der Waals surface area contributed by atoms with Crippen molar-refractivity contribution in [2.45, 2.75) is 85.2 Å². The maximum Gasteiger partial charge on any atom is 0.135 e. The van der Waals surface area contributed by atoms with Crippen LogP contribution in [0.4, 0.5) is 0 Å². The fourth-order valence-electron chi connectivity index (χ4n) is 2.42. The Morgan fingerprint density at radius 3 is 2.61 bits per heavy atom. The molecular weight excluding hydrogens is 288 g/mol. The zero-order chi connectivity index (χ0) is 17.1. The Morgan fingerprint density at radius 2 is 1.91 bits per heavy atom. The van der Waals surface area contributed by atoms with Gasteiger partial charge in [-0.1, -0.05) is 39.3 Å². The molecule has 0 aliphatic rings. The van der Waals surface area contributed by atoms with Crippen LogP contribution in [0, 0.1) is 5.92 Å². The molecule has 1 aromatic heterocycles. The van der Waals surface area contributed by atoms with E-state index in [0.29, 0.717) is 18.2 Å². The highest BCUT2D eigenvalue weighted by Crippen LogP contribution is 2.07. The van der Waals surface area contributed by atoms with Crippen LogP contribution in [0.15, 0.2) is 6.20 Å². The molecule has 1 heterocycles. The van der Waals surface area contributed by atoms with E-state index in [4.69, 9.17) is 0 Å². The first kappa shape index (κ1) is 19.8. The van der Waals surface area contributed by atoms with Crippen molar-refractivity contribution in [2.75, 3.05) is 6.54 Å². The number of hydrogen-bond donors (Lipinski definition) is 1. The molecule has 1 N–H and O–H groups in total. The Balaban J connectivity index is 2.08. The summed E-state index contributed by atoms with van der Waals surface area (Å²) in [4.78, 5) is 11.5. The van der Waals surface area contributed by atoms with Crippen molar-refractivity contribution >= 4 is 5.78 Å². The summed E-state index contributed by atoms with van der Waals surface area (Å²) in [6.45, 7) is 10.3. The number of carbonyl (C=O) groups is 1. The quantitative estimate of drug-likeness (QED) is 0.566. The molecule has 0 spiro atoms. The molecule has 5 nitrogen and oxygen atoms in total. The van der Waals surface area contributed by atoms with Gasteiger partial charge in [-0.2, -0.15) is 0 Å². The lowest BCUT2D eigenvalue weighted by molar-refractivity contribution is -0.122. The van der Waals surface area contributed by atoms with E-state index in [2.05, 4.69) is 35.7 Å². The molecule has 0 aliphatic carbocycles. The summed E-state index contributed by atoms with van der Waals surface area (Å²) >= 11 is 0. The van der Waals surface area contributed by atoms with Crippen LogP contribution in [0.3, 0.4) is 0 Å². The van der Waals surface area contributed by atoms with Gasteiger partial charge in [0.15, 0.2) is 0 Å². The number of ketones is 1. The Hall–Kier alpha value is -1.23. The number of carbonyl (C=O) groups excluding carboxylic acids is 1. The fraction of sp³-hybridized carbons (Fsp3) is 0.833. The molecule has 0 unspecified atom stereocenters. The van der Waals surface area contributed by atoms with Gasteiger partial charge in [0.1, 0.15) is 5.78 Å². The van der Waals surface area contributed by atoms with Crippen molar-refractivity contribution in [3.05, 3.63) is 11.9 Å². The van der Waals surface area contributed by atoms with Crippen molar-refractivity contribution < 1.29 is 4.79 Å². The third-order valence-electron chi connectivity index (χ3n) is 3.95. The van der Waals surface area contributed by atoms with Crippen molar-refractivity contribution in [1.29, 1.82) is 0 Å². The third-order valence-corrected chi connectivity index (χ3v) is 3.95. The first-order valence-corrected chi connectivity index (χ1v) is 9.14. The number of unbranched alkanes of at least 4 members (excludes halogenated alkanes) is 3. The summed E-state index contributed by atoms with van der Waals surface area (Å²) in [5.41, 5.74) is 1.09. The Morgan fingerprint density at radius 1 is 1.13 bits per heavy atom. The van der Waals surface area contributed by atoms with Crippen LogP contribution < -0.4 is 5.32 Å². The van der Waals surface area contributed by atoms with Crippen LogP contribution in [-0.2, 0) is 17.8 Å². The fourth-order valence-corrected chi connectivity index (χ4v) is 2.42. The van der Waals surface area contributed by atoms with E-state index in [1.54, 1.807) is 0 Å². The summed E-state index contributed by atoms with van der Waals surface area (Å²) in [5, 5.41) is 11.9. The minimum Gasteiger partial charge on any atom is -0.315 e. The molecule has 0 aliphatic heterocycles. The van der Waals surface area contributed by atoms with E-state index in [1.807, 2.05) is 18.5 Å². The molecule has 1 aromatic rings.